The smallest absolute Gasteiger partial charge is 0.167 e. The first-order valence-corrected chi connectivity index (χ1v) is 8.91. The summed E-state index contributed by atoms with van der Waals surface area (Å²) in [5.41, 5.74) is 1.87. The molecular weight excluding hydrogens is 304 g/mol. The molecule has 1 atom stereocenters. The number of aliphatic hydroxyl groups excluding tert-OH is 1. The number of benzene rings is 1. The first-order chi connectivity index (χ1) is 11.1. The van der Waals surface area contributed by atoms with E-state index in [9.17, 15) is 5.11 Å². The Morgan fingerprint density at radius 2 is 1.91 bits per heavy atom. The lowest BCUT2D eigenvalue weighted by atomic mass is 9.99. The van der Waals surface area contributed by atoms with Gasteiger partial charge in [-0.05, 0) is 43.7 Å². The SMILES string of the molecule is Cc1nc(C#Cc2ccccc2)sc1C(O)N1CCC(C)CC1. The predicted molar refractivity (Wildman–Crippen MR) is 94.2 cm³/mol. The highest BCUT2D eigenvalue weighted by Crippen LogP contribution is 2.30. The zero-order chi connectivity index (χ0) is 16.2. The van der Waals surface area contributed by atoms with Gasteiger partial charge in [-0.3, -0.25) is 4.90 Å². The second-order valence-corrected chi connectivity index (χ2v) is 7.21. The van der Waals surface area contributed by atoms with Gasteiger partial charge in [-0.1, -0.05) is 31.0 Å². The van der Waals surface area contributed by atoms with Crippen molar-refractivity contribution in [2.75, 3.05) is 13.1 Å². The number of hydrogen-bond donors (Lipinski definition) is 1. The average Bonchev–Trinajstić information content (AvgIpc) is 2.95. The Kier molecular flexibility index (Phi) is 5.12. The first-order valence-electron chi connectivity index (χ1n) is 8.10. The maximum Gasteiger partial charge on any atom is 0.167 e. The van der Waals surface area contributed by atoms with Crippen LogP contribution in [-0.4, -0.2) is 28.1 Å². The molecule has 0 aliphatic carbocycles. The van der Waals surface area contributed by atoms with Crippen LogP contribution in [-0.2, 0) is 0 Å². The van der Waals surface area contributed by atoms with Gasteiger partial charge in [-0.25, -0.2) is 4.98 Å². The van der Waals surface area contributed by atoms with Gasteiger partial charge in [0.05, 0.1) is 10.6 Å². The number of hydrogen-bond acceptors (Lipinski definition) is 4. The third-order valence-electron chi connectivity index (χ3n) is 4.32. The maximum atomic E-state index is 10.7. The third-order valence-corrected chi connectivity index (χ3v) is 5.43. The van der Waals surface area contributed by atoms with E-state index in [0.29, 0.717) is 0 Å². The highest BCUT2D eigenvalue weighted by molar-refractivity contribution is 7.12. The summed E-state index contributed by atoms with van der Waals surface area (Å²) < 4.78 is 0. The fourth-order valence-corrected chi connectivity index (χ4v) is 3.73. The number of likely N-dealkylation sites (tertiary alicyclic amines) is 1. The number of aliphatic hydroxyl groups is 1. The normalized spacial score (nSPS) is 17.5. The van der Waals surface area contributed by atoms with Crippen LogP contribution in [0.1, 0.15) is 47.1 Å². The number of piperidine rings is 1. The van der Waals surface area contributed by atoms with Crippen molar-refractivity contribution in [3.8, 4) is 11.8 Å². The summed E-state index contributed by atoms with van der Waals surface area (Å²) in [6.45, 7) is 6.13. The van der Waals surface area contributed by atoms with Crippen LogP contribution in [0.15, 0.2) is 30.3 Å². The third kappa shape index (κ3) is 4.00. The molecule has 0 saturated carbocycles. The fraction of sp³-hybridized carbons (Fsp3) is 0.421. The van der Waals surface area contributed by atoms with E-state index in [1.807, 2.05) is 37.3 Å². The minimum atomic E-state index is -0.549. The van der Waals surface area contributed by atoms with Crippen molar-refractivity contribution in [3.63, 3.8) is 0 Å². The summed E-state index contributed by atoms with van der Waals surface area (Å²) in [5.74, 6) is 7.00. The van der Waals surface area contributed by atoms with E-state index in [0.717, 1.165) is 53.0 Å². The van der Waals surface area contributed by atoms with Crippen LogP contribution in [0.4, 0.5) is 0 Å². The van der Waals surface area contributed by atoms with Gasteiger partial charge < -0.3 is 5.11 Å². The molecular formula is C19H22N2OS. The van der Waals surface area contributed by atoms with Gasteiger partial charge >= 0.3 is 0 Å². The summed E-state index contributed by atoms with van der Waals surface area (Å²) in [6, 6.07) is 9.90. The van der Waals surface area contributed by atoms with E-state index in [1.54, 1.807) is 0 Å². The molecule has 1 aromatic heterocycles. The molecule has 3 nitrogen and oxygen atoms in total. The Labute approximate surface area is 142 Å². The van der Waals surface area contributed by atoms with Crippen molar-refractivity contribution < 1.29 is 5.11 Å². The molecule has 4 heteroatoms. The molecule has 1 N–H and O–H groups in total. The molecule has 1 aromatic carbocycles. The van der Waals surface area contributed by atoms with Gasteiger partial charge in [-0.15, -0.1) is 11.3 Å². The second kappa shape index (κ2) is 7.27. The van der Waals surface area contributed by atoms with E-state index < -0.39 is 6.23 Å². The summed E-state index contributed by atoms with van der Waals surface area (Å²) >= 11 is 1.50. The monoisotopic (exact) mass is 326 g/mol. The zero-order valence-electron chi connectivity index (χ0n) is 13.6. The van der Waals surface area contributed by atoms with Crippen molar-refractivity contribution >= 4 is 11.3 Å². The Balaban J connectivity index is 1.75. The van der Waals surface area contributed by atoms with Crippen molar-refractivity contribution in [1.82, 2.24) is 9.88 Å². The summed E-state index contributed by atoms with van der Waals surface area (Å²) in [7, 11) is 0. The Bertz CT molecular complexity index is 706. The Morgan fingerprint density at radius 1 is 1.22 bits per heavy atom. The van der Waals surface area contributed by atoms with Crippen molar-refractivity contribution in [3.05, 3.63) is 51.5 Å². The van der Waals surface area contributed by atoms with Crippen molar-refractivity contribution in [1.29, 1.82) is 0 Å². The molecule has 1 saturated heterocycles. The maximum absolute atomic E-state index is 10.7. The standard InChI is InChI=1S/C19H22N2OS/c1-14-10-12-21(13-11-14)19(22)18-15(2)20-17(23-18)9-8-16-6-4-3-5-7-16/h3-7,14,19,22H,10-13H2,1-2H3. The topological polar surface area (TPSA) is 36.4 Å². The van der Waals surface area contributed by atoms with E-state index in [2.05, 4.69) is 28.6 Å². The Morgan fingerprint density at radius 3 is 2.61 bits per heavy atom. The molecule has 1 fully saturated rings. The van der Waals surface area contributed by atoms with Crippen LogP contribution < -0.4 is 0 Å². The quantitative estimate of drug-likeness (QED) is 0.857. The highest BCUT2D eigenvalue weighted by atomic mass is 32.1. The van der Waals surface area contributed by atoms with E-state index in [1.165, 1.54) is 11.3 Å². The summed E-state index contributed by atoms with van der Waals surface area (Å²) in [5, 5.41) is 11.4. The van der Waals surface area contributed by atoms with Gasteiger partial charge in [0, 0.05) is 18.7 Å². The van der Waals surface area contributed by atoms with Crippen LogP contribution in [0.25, 0.3) is 0 Å². The van der Waals surface area contributed by atoms with E-state index in [4.69, 9.17) is 0 Å². The van der Waals surface area contributed by atoms with Crippen LogP contribution in [0, 0.1) is 24.7 Å². The largest absolute Gasteiger partial charge is 0.373 e. The molecule has 23 heavy (non-hydrogen) atoms. The van der Waals surface area contributed by atoms with Gasteiger partial charge in [0.25, 0.3) is 0 Å². The molecule has 120 valence electrons. The lowest BCUT2D eigenvalue weighted by Gasteiger charge is -2.33. The molecule has 0 radical (unpaired) electrons. The summed E-state index contributed by atoms with van der Waals surface area (Å²) in [6.07, 6.45) is 1.75. The minimum Gasteiger partial charge on any atom is -0.373 e. The fourth-order valence-electron chi connectivity index (χ4n) is 2.79. The number of aromatic nitrogens is 1. The van der Waals surface area contributed by atoms with Crippen molar-refractivity contribution in [2.45, 2.75) is 32.9 Å². The van der Waals surface area contributed by atoms with Gasteiger partial charge in [0.15, 0.2) is 5.01 Å². The minimum absolute atomic E-state index is 0.549. The molecule has 3 rings (SSSR count). The molecule has 2 aromatic rings. The molecule has 2 heterocycles. The number of rotatable bonds is 2. The van der Waals surface area contributed by atoms with Crippen LogP contribution >= 0.6 is 11.3 Å². The van der Waals surface area contributed by atoms with Crippen LogP contribution in [0.3, 0.4) is 0 Å². The molecule has 1 aliphatic rings. The molecule has 0 amide bonds. The van der Waals surface area contributed by atoms with E-state index in [-0.39, 0.29) is 0 Å². The lowest BCUT2D eigenvalue weighted by molar-refractivity contribution is -0.0154. The second-order valence-electron chi connectivity index (χ2n) is 6.18. The summed E-state index contributed by atoms with van der Waals surface area (Å²) in [4.78, 5) is 7.59. The lowest BCUT2D eigenvalue weighted by Crippen LogP contribution is -2.36. The zero-order valence-corrected chi connectivity index (χ0v) is 14.4. The van der Waals surface area contributed by atoms with Crippen LogP contribution in [0.5, 0.6) is 0 Å². The van der Waals surface area contributed by atoms with Crippen LogP contribution in [0.2, 0.25) is 0 Å². The predicted octanol–water partition coefficient (Wildman–Crippen LogP) is 3.57. The van der Waals surface area contributed by atoms with E-state index >= 15 is 0 Å². The first kappa shape index (κ1) is 16.2. The van der Waals surface area contributed by atoms with Gasteiger partial charge in [0.2, 0.25) is 0 Å². The molecule has 0 bridgehead atoms. The van der Waals surface area contributed by atoms with Gasteiger partial charge in [-0.2, -0.15) is 0 Å². The Hall–Kier alpha value is -1.67. The molecule has 0 spiro atoms. The average molecular weight is 326 g/mol. The van der Waals surface area contributed by atoms with Crippen molar-refractivity contribution in [2.24, 2.45) is 5.92 Å². The number of nitrogens with zero attached hydrogens (tertiary/aromatic N) is 2. The number of thiazole rings is 1. The number of aryl methyl sites for hydroxylation is 1. The highest BCUT2D eigenvalue weighted by Gasteiger charge is 2.25. The molecule has 1 aliphatic heterocycles. The molecule has 1 unspecified atom stereocenters. The van der Waals surface area contributed by atoms with Gasteiger partial charge in [0.1, 0.15) is 6.23 Å².